The van der Waals surface area contributed by atoms with Crippen LogP contribution in [0, 0.1) is 23.0 Å². The number of aryl methyl sites for hydroxylation is 2. The van der Waals surface area contributed by atoms with E-state index < -0.39 is 4.92 Å². The van der Waals surface area contributed by atoms with Crippen LogP contribution in [0.15, 0.2) is 0 Å². The van der Waals surface area contributed by atoms with E-state index in [0.29, 0.717) is 31.1 Å². The molecule has 20 heavy (non-hydrogen) atoms. The van der Waals surface area contributed by atoms with Crippen LogP contribution in [-0.2, 0) is 11.3 Å². The van der Waals surface area contributed by atoms with E-state index in [-0.39, 0.29) is 17.5 Å². The van der Waals surface area contributed by atoms with Crippen LogP contribution in [0.25, 0.3) is 0 Å². The van der Waals surface area contributed by atoms with E-state index in [9.17, 15) is 14.9 Å². The lowest BCUT2D eigenvalue weighted by Gasteiger charge is -2.08. The van der Waals surface area contributed by atoms with Crippen molar-refractivity contribution in [3.05, 3.63) is 15.8 Å². The summed E-state index contributed by atoms with van der Waals surface area (Å²) >= 11 is 0. The quantitative estimate of drug-likeness (QED) is 0.442. The highest BCUT2D eigenvalue weighted by Gasteiger charge is 2.29. The van der Waals surface area contributed by atoms with Crippen LogP contribution in [0.1, 0.15) is 25.5 Å². The Morgan fingerprint density at radius 2 is 2.20 bits per heavy atom. The molecule has 8 nitrogen and oxygen atoms in total. The molecule has 110 valence electrons. The Morgan fingerprint density at radius 3 is 2.75 bits per heavy atom. The second-order valence-corrected chi connectivity index (χ2v) is 4.85. The lowest BCUT2D eigenvalue weighted by Crippen LogP contribution is -2.30. The first-order chi connectivity index (χ1) is 9.54. The Labute approximate surface area is 116 Å². The fourth-order valence-electron chi connectivity index (χ4n) is 2.05. The number of anilines is 1. The van der Waals surface area contributed by atoms with Gasteiger partial charge in [0.05, 0.1) is 4.92 Å². The van der Waals surface area contributed by atoms with Crippen molar-refractivity contribution in [1.82, 2.24) is 15.1 Å². The van der Waals surface area contributed by atoms with Crippen molar-refractivity contribution in [2.24, 2.45) is 5.92 Å². The van der Waals surface area contributed by atoms with Gasteiger partial charge in [0.1, 0.15) is 5.69 Å². The van der Waals surface area contributed by atoms with E-state index in [1.54, 1.807) is 11.6 Å². The molecule has 1 heterocycles. The van der Waals surface area contributed by atoms with Gasteiger partial charge in [0.15, 0.2) is 0 Å². The van der Waals surface area contributed by atoms with Gasteiger partial charge in [-0.15, -0.1) is 0 Å². The maximum absolute atomic E-state index is 11.5. The Morgan fingerprint density at radius 1 is 1.50 bits per heavy atom. The van der Waals surface area contributed by atoms with Crippen LogP contribution in [-0.4, -0.2) is 33.7 Å². The van der Waals surface area contributed by atoms with E-state index in [1.165, 1.54) is 0 Å². The van der Waals surface area contributed by atoms with E-state index in [4.69, 9.17) is 0 Å². The molecule has 1 saturated carbocycles. The predicted molar refractivity (Wildman–Crippen MR) is 73.5 cm³/mol. The van der Waals surface area contributed by atoms with E-state index >= 15 is 0 Å². The summed E-state index contributed by atoms with van der Waals surface area (Å²) in [6.07, 6.45) is 1.93. The molecule has 0 unspecified atom stereocenters. The summed E-state index contributed by atoms with van der Waals surface area (Å²) in [5.41, 5.74) is 0.390. The zero-order chi connectivity index (χ0) is 14.7. The second kappa shape index (κ2) is 5.89. The molecule has 1 aromatic rings. The van der Waals surface area contributed by atoms with E-state index in [0.717, 1.165) is 12.8 Å². The number of aromatic nitrogens is 2. The van der Waals surface area contributed by atoms with Gasteiger partial charge in [0.2, 0.25) is 11.7 Å². The lowest BCUT2D eigenvalue weighted by molar-refractivity contribution is -0.384. The molecule has 1 fully saturated rings. The largest absolute Gasteiger partial charge is 0.363 e. The van der Waals surface area contributed by atoms with Gasteiger partial charge in [-0.2, -0.15) is 5.10 Å². The van der Waals surface area contributed by atoms with Gasteiger partial charge in [-0.3, -0.25) is 14.9 Å². The standard InChI is InChI=1S/C12H19N5O3/c1-3-16-11(10(17(19)20)8(2)15-16)13-6-7-14-12(18)9-4-5-9/h9,13H,3-7H2,1-2H3,(H,14,18). The third-order valence-electron chi connectivity index (χ3n) is 3.24. The zero-order valence-electron chi connectivity index (χ0n) is 11.7. The minimum absolute atomic E-state index is 0.000342. The van der Waals surface area contributed by atoms with Crippen molar-refractivity contribution >= 4 is 17.4 Å². The molecule has 1 amide bonds. The highest BCUT2D eigenvalue weighted by atomic mass is 16.6. The van der Waals surface area contributed by atoms with Crippen LogP contribution in [0.5, 0.6) is 0 Å². The van der Waals surface area contributed by atoms with Crippen LogP contribution in [0.2, 0.25) is 0 Å². The number of nitro groups is 1. The Balaban J connectivity index is 1.93. The van der Waals surface area contributed by atoms with Gasteiger partial charge < -0.3 is 10.6 Å². The monoisotopic (exact) mass is 281 g/mol. The fourth-order valence-corrected chi connectivity index (χ4v) is 2.05. The normalized spacial score (nSPS) is 14.1. The molecule has 1 aliphatic rings. The van der Waals surface area contributed by atoms with Gasteiger partial charge in [-0.05, 0) is 26.7 Å². The highest BCUT2D eigenvalue weighted by molar-refractivity contribution is 5.80. The van der Waals surface area contributed by atoms with Crippen molar-refractivity contribution < 1.29 is 9.72 Å². The summed E-state index contributed by atoms with van der Waals surface area (Å²) in [5.74, 6) is 0.643. The molecule has 0 atom stereocenters. The molecule has 0 bridgehead atoms. The number of nitrogens with one attached hydrogen (secondary N) is 2. The molecular formula is C12H19N5O3. The SMILES string of the molecule is CCn1nc(C)c([N+](=O)[O-])c1NCCNC(=O)C1CC1. The molecule has 0 aromatic carbocycles. The zero-order valence-corrected chi connectivity index (χ0v) is 11.7. The molecule has 2 N–H and O–H groups in total. The Bertz CT molecular complexity index is 521. The van der Waals surface area contributed by atoms with Crippen LogP contribution >= 0.6 is 0 Å². The van der Waals surface area contributed by atoms with Crippen LogP contribution in [0.4, 0.5) is 11.5 Å². The number of carbonyl (C=O) groups is 1. The Hall–Kier alpha value is -2.12. The predicted octanol–water partition coefficient (Wildman–Crippen LogP) is 1.06. The van der Waals surface area contributed by atoms with Crippen LogP contribution < -0.4 is 10.6 Å². The summed E-state index contributed by atoms with van der Waals surface area (Å²) < 4.78 is 1.57. The average molecular weight is 281 g/mol. The maximum Gasteiger partial charge on any atom is 0.333 e. The molecule has 0 saturated heterocycles. The topological polar surface area (TPSA) is 102 Å². The number of amides is 1. The van der Waals surface area contributed by atoms with Crippen LogP contribution in [0.3, 0.4) is 0 Å². The molecule has 2 rings (SSSR count). The first-order valence-corrected chi connectivity index (χ1v) is 6.78. The molecule has 0 aliphatic heterocycles. The average Bonchev–Trinajstić information content (AvgIpc) is 3.18. The van der Waals surface area contributed by atoms with Crippen molar-refractivity contribution in [1.29, 1.82) is 0 Å². The molecule has 1 aromatic heterocycles. The van der Waals surface area contributed by atoms with Gasteiger partial charge in [0, 0.05) is 25.6 Å². The third kappa shape index (κ3) is 3.06. The lowest BCUT2D eigenvalue weighted by atomic mass is 10.3. The summed E-state index contributed by atoms with van der Waals surface area (Å²) in [4.78, 5) is 22.1. The number of rotatable bonds is 7. The number of carbonyl (C=O) groups excluding carboxylic acids is 1. The van der Waals surface area contributed by atoms with Crippen molar-refractivity contribution in [3.63, 3.8) is 0 Å². The first kappa shape index (κ1) is 14.3. The Kier molecular flexibility index (Phi) is 4.21. The second-order valence-electron chi connectivity index (χ2n) is 4.85. The minimum Gasteiger partial charge on any atom is -0.363 e. The molecule has 0 spiro atoms. The molecular weight excluding hydrogens is 262 g/mol. The minimum atomic E-state index is -0.431. The summed E-state index contributed by atoms with van der Waals surface area (Å²) in [6, 6.07) is 0. The van der Waals surface area contributed by atoms with Crippen molar-refractivity contribution in [3.8, 4) is 0 Å². The van der Waals surface area contributed by atoms with Gasteiger partial charge in [0.25, 0.3) is 0 Å². The first-order valence-electron chi connectivity index (χ1n) is 6.78. The fraction of sp³-hybridized carbons (Fsp3) is 0.667. The number of nitrogens with zero attached hydrogens (tertiary/aromatic N) is 3. The number of hydrogen-bond donors (Lipinski definition) is 2. The molecule has 1 aliphatic carbocycles. The van der Waals surface area contributed by atoms with E-state index in [1.807, 2.05) is 6.92 Å². The van der Waals surface area contributed by atoms with Gasteiger partial charge >= 0.3 is 5.69 Å². The summed E-state index contributed by atoms with van der Waals surface area (Å²) in [5, 5.41) is 21.0. The van der Waals surface area contributed by atoms with Gasteiger partial charge in [-0.25, -0.2) is 4.68 Å². The maximum atomic E-state index is 11.5. The third-order valence-corrected chi connectivity index (χ3v) is 3.24. The van der Waals surface area contributed by atoms with Gasteiger partial charge in [-0.1, -0.05) is 0 Å². The number of hydrogen-bond acceptors (Lipinski definition) is 5. The van der Waals surface area contributed by atoms with E-state index in [2.05, 4.69) is 15.7 Å². The highest BCUT2D eigenvalue weighted by Crippen LogP contribution is 2.29. The molecule has 8 heteroatoms. The van der Waals surface area contributed by atoms with Crippen molar-refractivity contribution in [2.75, 3.05) is 18.4 Å². The molecule has 0 radical (unpaired) electrons. The summed E-state index contributed by atoms with van der Waals surface area (Å²) in [7, 11) is 0. The van der Waals surface area contributed by atoms with Crippen molar-refractivity contribution in [2.45, 2.75) is 33.2 Å². The smallest absolute Gasteiger partial charge is 0.333 e. The summed E-state index contributed by atoms with van der Waals surface area (Å²) in [6.45, 7) is 4.91.